The molecule has 3 amide bonds. The molecule has 1 saturated heterocycles. The number of aliphatic carboxylic acids is 1. The first-order chi connectivity index (χ1) is 17.9. The zero-order valence-electron chi connectivity index (χ0n) is 20.2. The molecule has 2 aliphatic rings. The van der Waals surface area contributed by atoms with Crippen LogP contribution in [0.25, 0.3) is 0 Å². The number of likely N-dealkylation sites (N-methyl/N-ethyl adjacent to an activating group) is 1. The lowest BCUT2D eigenvalue weighted by Crippen LogP contribution is -2.71. The number of β-lactam (4-membered cyclic amide) rings is 1. The van der Waals surface area contributed by atoms with Gasteiger partial charge in [-0.1, -0.05) is 11.2 Å². The van der Waals surface area contributed by atoms with Crippen molar-refractivity contribution in [3.05, 3.63) is 29.2 Å². The predicted molar refractivity (Wildman–Crippen MR) is 131 cm³/mol. The second kappa shape index (κ2) is 11.8. The van der Waals surface area contributed by atoms with Gasteiger partial charge in [-0.25, -0.2) is 4.39 Å². The molecule has 0 spiro atoms. The highest BCUT2D eigenvalue weighted by molar-refractivity contribution is 8.00. The normalized spacial score (nSPS) is 20.7. The number of hydrogen-bond donors (Lipinski definition) is 4. The number of oxime groups is 1. The summed E-state index contributed by atoms with van der Waals surface area (Å²) in [7, 11) is 3.35. The van der Waals surface area contributed by atoms with Crippen LogP contribution in [0.3, 0.4) is 0 Å². The predicted octanol–water partition coefficient (Wildman–Crippen LogP) is -3.35. The molecule has 0 unspecified atom stereocenters. The minimum absolute atomic E-state index is 0.0122. The Hall–Kier alpha value is -3.61. The number of carboxylic acids is 1. The number of nitrogens with one attached hydrogen (secondary N) is 1. The number of aromatic nitrogens is 2. The number of aliphatic hydroxyl groups excluding tert-OH is 1. The fraction of sp³-hybridized carbons (Fsp3) is 0.450. The van der Waals surface area contributed by atoms with Crippen LogP contribution in [0.1, 0.15) is 5.82 Å². The number of halogens is 1. The van der Waals surface area contributed by atoms with Crippen molar-refractivity contribution in [3.63, 3.8) is 0 Å². The summed E-state index contributed by atoms with van der Waals surface area (Å²) >= 11 is 1.95. The summed E-state index contributed by atoms with van der Waals surface area (Å²) < 4.78 is 16.3. The van der Waals surface area contributed by atoms with Gasteiger partial charge in [0.2, 0.25) is 11.5 Å². The number of nitrogens with two attached hydrogens (primary N) is 2. The van der Waals surface area contributed by atoms with Crippen LogP contribution in [0.4, 0.5) is 9.52 Å². The van der Waals surface area contributed by atoms with E-state index < -0.39 is 60.3 Å². The Labute approximate surface area is 223 Å². The van der Waals surface area contributed by atoms with E-state index in [4.69, 9.17) is 11.5 Å². The summed E-state index contributed by atoms with van der Waals surface area (Å²) in [6, 6.07) is -2.00. The van der Waals surface area contributed by atoms with Crippen molar-refractivity contribution in [2.24, 2.45) is 10.9 Å². The second-order valence-corrected chi connectivity index (χ2v) is 10.5. The quantitative estimate of drug-likeness (QED) is 0.0837. The monoisotopic (exact) mass is 572 g/mol. The van der Waals surface area contributed by atoms with Crippen LogP contribution in [0.5, 0.6) is 0 Å². The van der Waals surface area contributed by atoms with E-state index >= 15 is 0 Å². The smallest absolute Gasteiger partial charge is 0.278 e. The highest BCUT2D eigenvalue weighted by Crippen LogP contribution is 2.40. The number of aliphatic hydroxyl groups is 1. The highest BCUT2D eigenvalue weighted by Gasteiger charge is 2.53. The minimum atomic E-state index is -1.59. The number of anilines is 1. The fourth-order valence-electron chi connectivity index (χ4n) is 3.82. The van der Waals surface area contributed by atoms with E-state index in [0.29, 0.717) is 0 Å². The molecule has 2 aliphatic heterocycles. The van der Waals surface area contributed by atoms with Gasteiger partial charge in [0.1, 0.15) is 18.0 Å². The van der Waals surface area contributed by atoms with Gasteiger partial charge in [0, 0.05) is 17.3 Å². The Morgan fingerprint density at radius 2 is 2.16 bits per heavy atom. The number of carbonyl (C=O) groups is 4. The molecule has 0 aliphatic carbocycles. The Kier molecular flexibility index (Phi) is 9.02. The third-order valence-corrected chi connectivity index (χ3v) is 7.64. The first-order valence-corrected chi connectivity index (χ1v) is 12.7. The van der Waals surface area contributed by atoms with Crippen LogP contribution < -0.4 is 21.9 Å². The van der Waals surface area contributed by atoms with Gasteiger partial charge in [0.15, 0.2) is 11.2 Å². The van der Waals surface area contributed by atoms with E-state index in [9.17, 15) is 33.8 Å². The van der Waals surface area contributed by atoms with Gasteiger partial charge in [-0.3, -0.25) is 19.3 Å². The lowest BCUT2D eigenvalue weighted by Gasteiger charge is -2.50. The molecule has 1 aromatic rings. The molecule has 0 radical (unpaired) electrons. The molecule has 6 N–H and O–H groups in total. The molecule has 0 saturated carbocycles. The van der Waals surface area contributed by atoms with E-state index in [2.05, 4.69) is 24.7 Å². The maximum atomic E-state index is 12.9. The van der Waals surface area contributed by atoms with Crippen molar-refractivity contribution in [1.29, 1.82) is 0 Å². The Morgan fingerprint density at radius 1 is 1.45 bits per heavy atom. The molecule has 0 aromatic carbocycles. The van der Waals surface area contributed by atoms with Crippen molar-refractivity contribution in [3.8, 4) is 0 Å². The lowest BCUT2D eigenvalue weighted by molar-refractivity contribution is -0.900. The van der Waals surface area contributed by atoms with E-state index in [1.165, 1.54) is 17.8 Å². The Morgan fingerprint density at radius 3 is 2.71 bits per heavy atom. The number of nitrogens with zero attached hydrogens (tertiary/aromatic N) is 5. The molecule has 206 valence electrons. The topological polar surface area (TPSA) is 226 Å². The standard InChI is InChI=1S/C20H25FN8O7S2/c1-29(2,10(6-30)14(22)31)5-3-4-9-7-37-18-12(17(33)28(18)13(9)19(34)35)24-16(32)11(26-36-8-21)15-25-20(23)38-27-15/h3-4,10,12,18,30H,5-8H2,1-2H3,(H5-,22,23,24,25,27,31,32,34,35)/b4-3+,26-11+/t10-,12-,18-/m1/s1. The van der Waals surface area contributed by atoms with Crippen LogP contribution in [0, 0.1) is 0 Å². The highest BCUT2D eigenvalue weighted by atomic mass is 32.2. The number of hydrogen-bond acceptors (Lipinski definition) is 13. The molecule has 0 bridgehead atoms. The number of primary amides is 1. The van der Waals surface area contributed by atoms with Gasteiger partial charge in [-0.15, -0.1) is 11.8 Å². The number of carbonyl (C=O) groups excluding carboxylic acids is 4. The molecule has 1 fully saturated rings. The average molecular weight is 573 g/mol. The molecule has 3 heterocycles. The van der Waals surface area contributed by atoms with Gasteiger partial charge in [0.25, 0.3) is 24.6 Å². The molecular weight excluding hydrogens is 547 g/mol. The third kappa shape index (κ3) is 5.93. The lowest BCUT2D eigenvalue weighted by atomic mass is 10.0. The van der Waals surface area contributed by atoms with Gasteiger partial charge >= 0.3 is 0 Å². The maximum Gasteiger partial charge on any atom is 0.278 e. The van der Waals surface area contributed by atoms with E-state index in [-0.39, 0.29) is 39.0 Å². The number of fused-ring (bicyclic) bond motifs is 1. The fourth-order valence-corrected chi connectivity index (χ4v) is 5.58. The summed E-state index contributed by atoms with van der Waals surface area (Å²) in [4.78, 5) is 58.3. The van der Waals surface area contributed by atoms with Gasteiger partial charge < -0.3 is 41.1 Å². The third-order valence-electron chi connectivity index (χ3n) is 5.79. The molecule has 3 atom stereocenters. The number of carboxylic acid groups (broad SMARTS) is 1. The molecule has 38 heavy (non-hydrogen) atoms. The van der Waals surface area contributed by atoms with Crippen molar-refractivity contribution >= 4 is 57.8 Å². The summed E-state index contributed by atoms with van der Waals surface area (Å²) in [5.74, 6) is -4.03. The van der Waals surface area contributed by atoms with Gasteiger partial charge in [-0.05, 0) is 11.6 Å². The number of rotatable bonds is 12. The molecule has 15 nitrogen and oxygen atoms in total. The second-order valence-electron chi connectivity index (χ2n) is 8.62. The van der Waals surface area contributed by atoms with Crippen LogP contribution in [0.2, 0.25) is 0 Å². The number of amides is 3. The van der Waals surface area contributed by atoms with Crippen molar-refractivity contribution in [2.45, 2.75) is 17.5 Å². The first kappa shape index (κ1) is 29.0. The van der Waals surface area contributed by atoms with Crippen LogP contribution in [0.15, 0.2) is 28.6 Å². The zero-order valence-corrected chi connectivity index (χ0v) is 21.8. The molecule has 18 heteroatoms. The van der Waals surface area contributed by atoms with Crippen LogP contribution in [-0.4, -0.2) is 111 Å². The van der Waals surface area contributed by atoms with Crippen molar-refractivity contribution in [2.75, 3.05) is 45.6 Å². The van der Waals surface area contributed by atoms with Crippen LogP contribution >= 0.6 is 23.3 Å². The molecule has 1 aromatic heterocycles. The summed E-state index contributed by atoms with van der Waals surface area (Å²) in [6.07, 6.45) is 3.11. The maximum absolute atomic E-state index is 12.9. The number of nitrogen functional groups attached to an aromatic ring is 1. The molecule has 3 rings (SSSR count). The van der Waals surface area contributed by atoms with Crippen molar-refractivity contribution in [1.82, 2.24) is 19.6 Å². The van der Waals surface area contributed by atoms with E-state index in [1.54, 1.807) is 20.2 Å². The van der Waals surface area contributed by atoms with Gasteiger partial charge in [0.05, 0.1) is 32.3 Å². The van der Waals surface area contributed by atoms with Crippen molar-refractivity contribution < 1.29 is 43.1 Å². The summed E-state index contributed by atoms with van der Waals surface area (Å²) in [5.41, 5.74) is 10.3. The number of allylic oxidation sites excluding steroid dienone is 1. The van der Waals surface area contributed by atoms with E-state index in [0.717, 1.165) is 16.4 Å². The minimum Gasteiger partial charge on any atom is -0.543 e. The average Bonchev–Trinajstić information content (AvgIpc) is 3.27. The molecular formula is C20H25FN8O7S2. The number of quaternary nitrogens is 1. The summed E-state index contributed by atoms with van der Waals surface area (Å²) in [6.45, 7) is -1.58. The first-order valence-electron chi connectivity index (χ1n) is 10.9. The SMILES string of the molecule is C[N+](C)(C/C=C/C1=C(C(=O)[O-])N2C(=O)[C@@H](NC(=O)/C(=N/OCF)c3nsc(N)n3)[C@H]2SC1)[C@H](CO)C(N)=O. The zero-order chi connectivity index (χ0) is 28.2. The largest absolute Gasteiger partial charge is 0.543 e. The number of alkyl halides is 1. The Bertz CT molecular complexity index is 1220. The van der Waals surface area contributed by atoms with Crippen LogP contribution in [-0.2, 0) is 24.0 Å². The van der Waals surface area contributed by atoms with Gasteiger partial charge in [-0.2, -0.15) is 9.36 Å². The summed E-state index contributed by atoms with van der Waals surface area (Å²) in [5, 5.41) is 26.5. The van der Waals surface area contributed by atoms with E-state index in [1.807, 2.05) is 0 Å². The number of thioether (sulfide) groups is 1. The Balaban J connectivity index is 1.77.